The number of nitrogens with zero attached hydrogens (tertiary/aromatic N) is 1. The Hall–Kier alpha value is -3.19. The number of amides is 3. The average Bonchev–Trinajstić information content (AvgIpc) is 2.93. The van der Waals surface area contributed by atoms with Gasteiger partial charge in [-0.05, 0) is 23.8 Å². The topological polar surface area (TPSA) is 92.8 Å². The highest BCUT2D eigenvalue weighted by Crippen LogP contribution is 2.26. The summed E-state index contributed by atoms with van der Waals surface area (Å²) in [7, 11) is 0. The number of hydrogen-bond acceptors (Lipinski definition) is 5. The molecule has 0 aromatic heterocycles. The number of halogens is 1. The summed E-state index contributed by atoms with van der Waals surface area (Å²) < 4.78 is 5.19. The van der Waals surface area contributed by atoms with E-state index in [1.54, 1.807) is 48.5 Å². The summed E-state index contributed by atoms with van der Waals surface area (Å²) in [6, 6.07) is 12.8. The molecule has 150 valence electrons. The minimum Gasteiger partial charge on any atom is -0.464 e. The number of nitrogens with one attached hydrogen (secondary N) is 1. The van der Waals surface area contributed by atoms with Crippen molar-refractivity contribution in [1.82, 2.24) is 10.2 Å². The standard InChI is InChI=1S/C21H19ClN2O5/c1-13(25)23-18(16-8-4-5-9-17(16)22)12-19(26)29-11-10-24-20(27)14-6-2-3-7-15(14)21(24)28/h2-9,18H,10-12H2,1H3,(H,23,25)/t18-/m0/s1. The quantitative estimate of drug-likeness (QED) is 0.555. The van der Waals surface area contributed by atoms with Gasteiger partial charge >= 0.3 is 5.97 Å². The van der Waals surface area contributed by atoms with E-state index in [-0.39, 0.29) is 25.5 Å². The van der Waals surface area contributed by atoms with Gasteiger partial charge in [0.15, 0.2) is 0 Å². The second-order valence-electron chi connectivity index (χ2n) is 6.51. The highest BCUT2D eigenvalue weighted by Gasteiger charge is 2.34. The Kier molecular flexibility index (Phi) is 6.29. The van der Waals surface area contributed by atoms with Crippen LogP contribution in [0.2, 0.25) is 5.02 Å². The van der Waals surface area contributed by atoms with Crippen molar-refractivity contribution in [3.63, 3.8) is 0 Å². The zero-order valence-electron chi connectivity index (χ0n) is 15.7. The van der Waals surface area contributed by atoms with Crippen LogP contribution in [0.4, 0.5) is 0 Å². The maximum Gasteiger partial charge on any atom is 0.308 e. The molecule has 3 rings (SSSR count). The number of carbonyl (C=O) groups is 4. The Morgan fingerprint density at radius 2 is 1.62 bits per heavy atom. The van der Waals surface area contributed by atoms with Crippen LogP contribution >= 0.6 is 11.6 Å². The van der Waals surface area contributed by atoms with Gasteiger partial charge in [-0.2, -0.15) is 0 Å². The van der Waals surface area contributed by atoms with Gasteiger partial charge in [-0.15, -0.1) is 0 Å². The summed E-state index contributed by atoms with van der Waals surface area (Å²) >= 11 is 6.17. The van der Waals surface area contributed by atoms with E-state index >= 15 is 0 Å². The van der Waals surface area contributed by atoms with Gasteiger partial charge in [-0.3, -0.25) is 24.1 Å². The Morgan fingerprint density at radius 3 is 2.21 bits per heavy atom. The van der Waals surface area contributed by atoms with E-state index in [2.05, 4.69) is 5.32 Å². The first-order chi connectivity index (χ1) is 13.9. The fourth-order valence-electron chi connectivity index (χ4n) is 3.16. The lowest BCUT2D eigenvalue weighted by Gasteiger charge is -2.19. The number of fused-ring (bicyclic) bond motifs is 1. The Morgan fingerprint density at radius 1 is 1.03 bits per heavy atom. The van der Waals surface area contributed by atoms with Crippen LogP contribution in [0.25, 0.3) is 0 Å². The van der Waals surface area contributed by atoms with Crippen LogP contribution in [0.3, 0.4) is 0 Å². The van der Waals surface area contributed by atoms with Crippen LogP contribution in [0.15, 0.2) is 48.5 Å². The van der Waals surface area contributed by atoms with Crippen LogP contribution in [-0.2, 0) is 14.3 Å². The number of esters is 1. The number of hydrogen-bond donors (Lipinski definition) is 1. The number of benzene rings is 2. The normalized spacial score (nSPS) is 13.8. The molecule has 2 aromatic rings. The molecule has 1 N–H and O–H groups in total. The molecule has 0 aliphatic carbocycles. The molecule has 3 amide bonds. The van der Waals surface area contributed by atoms with Gasteiger partial charge in [0.05, 0.1) is 30.1 Å². The summed E-state index contributed by atoms with van der Waals surface area (Å²) in [5, 5.41) is 3.10. The molecule has 0 spiro atoms. The molecular weight excluding hydrogens is 396 g/mol. The molecule has 1 aliphatic heterocycles. The number of imide groups is 1. The lowest BCUT2D eigenvalue weighted by atomic mass is 10.0. The molecule has 0 saturated carbocycles. The third-order valence-electron chi connectivity index (χ3n) is 4.49. The van der Waals surface area contributed by atoms with Crippen LogP contribution in [0, 0.1) is 0 Å². The first-order valence-electron chi connectivity index (χ1n) is 9.01. The minimum absolute atomic E-state index is 0.0466. The first-order valence-corrected chi connectivity index (χ1v) is 9.38. The van der Waals surface area contributed by atoms with E-state index < -0.39 is 23.8 Å². The molecule has 0 unspecified atom stereocenters. The van der Waals surface area contributed by atoms with Gasteiger partial charge in [0.2, 0.25) is 5.91 Å². The first kappa shape index (κ1) is 20.5. The van der Waals surface area contributed by atoms with Crippen molar-refractivity contribution in [3.05, 3.63) is 70.2 Å². The van der Waals surface area contributed by atoms with Crippen LogP contribution in [-0.4, -0.2) is 41.7 Å². The Bertz CT molecular complexity index is 940. The smallest absolute Gasteiger partial charge is 0.308 e. The zero-order valence-corrected chi connectivity index (χ0v) is 16.4. The van der Waals surface area contributed by atoms with Crippen LogP contribution < -0.4 is 5.32 Å². The minimum atomic E-state index is -0.645. The van der Waals surface area contributed by atoms with Crippen molar-refractivity contribution >= 4 is 35.3 Å². The Balaban J connectivity index is 1.58. The predicted molar refractivity (Wildman–Crippen MR) is 105 cm³/mol. The van der Waals surface area contributed by atoms with Crippen molar-refractivity contribution in [2.45, 2.75) is 19.4 Å². The van der Waals surface area contributed by atoms with Crippen molar-refractivity contribution in [2.24, 2.45) is 0 Å². The lowest BCUT2D eigenvalue weighted by Crippen LogP contribution is -2.34. The Labute approximate surface area is 172 Å². The molecule has 0 bridgehead atoms. The fourth-order valence-corrected chi connectivity index (χ4v) is 3.43. The largest absolute Gasteiger partial charge is 0.464 e. The molecule has 7 nitrogen and oxygen atoms in total. The maximum absolute atomic E-state index is 12.3. The van der Waals surface area contributed by atoms with Crippen molar-refractivity contribution in [2.75, 3.05) is 13.2 Å². The molecular formula is C21H19ClN2O5. The van der Waals surface area contributed by atoms with Gasteiger partial charge in [0.1, 0.15) is 6.61 Å². The second kappa shape index (κ2) is 8.87. The van der Waals surface area contributed by atoms with Crippen molar-refractivity contribution < 1.29 is 23.9 Å². The van der Waals surface area contributed by atoms with E-state index in [0.717, 1.165) is 4.90 Å². The maximum atomic E-state index is 12.3. The third-order valence-corrected chi connectivity index (χ3v) is 4.83. The summed E-state index contributed by atoms with van der Waals surface area (Å²) in [6.07, 6.45) is -0.134. The van der Waals surface area contributed by atoms with E-state index in [1.165, 1.54) is 6.92 Å². The highest BCUT2D eigenvalue weighted by atomic mass is 35.5. The molecule has 0 saturated heterocycles. The molecule has 1 atom stereocenters. The molecule has 0 radical (unpaired) electrons. The zero-order chi connectivity index (χ0) is 21.0. The third kappa shape index (κ3) is 4.63. The molecule has 1 aliphatic rings. The highest BCUT2D eigenvalue weighted by molar-refractivity contribution is 6.31. The van der Waals surface area contributed by atoms with Crippen LogP contribution in [0.1, 0.15) is 45.7 Å². The monoisotopic (exact) mass is 414 g/mol. The summed E-state index contributed by atoms with van der Waals surface area (Å²) in [5.41, 5.74) is 1.28. The average molecular weight is 415 g/mol. The van der Waals surface area contributed by atoms with Gasteiger partial charge < -0.3 is 10.1 Å². The van der Waals surface area contributed by atoms with Crippen molar-refractivity contribution in [1.29, 1.82) is 0 Å². The van der Waals surface area contributed by atoms with Crippen LogP contribution in [0.5, 0.6) is 0 Å². The summed E-state index contributed by atoms with van der Waals surface area (Å²) in [4.78, 5) is 49.4. The fraction of sp³-hybridized carbons (Fsp3) is 0.238. The van der Waals surface area contributed by atoms with Gasteiger partial charge in [0, 0.05) is 11.9 Å². The van der Waals surface area contributed by atoms with Gasteiger partial charge in [0.25, 0.3) is 11.8 Å². The summed E-state index contributed by atoms with van der Waals surface area (Å²) in [5.74, 6) is -1.71. The second-order valence-corrected chi connectivity index (χ2v) is 6.91. The van der Waals surface area contributed by atoms with Crippen molar-refractivity contribution in [3.8, 4) is 0 Å². The molecule has 1 heterocycles. The number of carbonyl (C=O) groups excluding carboxylic acids is 4. The molecule has 29 heavy (non-hydrogen) atoms. The van der Waals surface area contributed by atoms with E-state index in [1.807, 2.05) is 0 Å². The molecule has 2 aromatic carbocycles. The lowest BCUT2D eigenvalue weighted by molar-refractivity contribution is -0.144. The SMILES string of the molecule is CC(=O)N[C@@H](CC(=O)OCCN1C(=O)c2ccccc2C1=O)c1ccccc1Cl. The van der Waals surface area contributed by atoms with Gasteiger partial charge in [-0.1, -0.05) is 41.9 Å². The number of ether oxygens (including phenoxy) is 1. The molecule has 8 heteroatoms. The molecule has 0 fully saturated rings. The number of rotatable bonds is 7. The predicted octanol–water partition coefficient (Wildman–Crippen LogP) is 2.75. The van der Waals surface area contributed by atoms with E-state index in [9.17, 15) is 19.2 Å². The summed E-state index contributed by atoms with van der Waals surface area (Å²) in [6.45, 7) is 1.16. The van der Waals surface area contributed by atoms with E-state index in [0.29, 0.717) is 21.7 Å². The van der Waals surface area contributed by atoms with Gasteiger partial charge in [-0.25, -0.2) is 0 Å². The van der Waals surface area contributed by atoms with E-state index in [4.69, 9.17) is 16.3 Å².